The van der Waals surface area contributed by atoms with E-state index in [1.165, 1.54) is 51.4 Å². The van der Waals surface area contributed by atoms with Crippen LogP contribution in [-0.2, 0) is 4.79 Å². The zero-order chi connectivity index (χ0) is 11.6. The largest absolute Gasteiger partial charge is 0.299 e. The molecule has 2 rings (SSSR count). The Hall–Kier alpha value is -0.330. The van der Waals surface area contributed by atoms with Gasteiger partial charge in [0.05, 0.1) is 0 Å². The fourth-order valence-corrected chi connectivity index (χ4v) is 3.93. The summed E-state index contributed by atoms with van der Waals surface area (Å²) < 4.78 is 0. The van der Waals surface area contributed by atoms with Crippen LogP contribution in [0.4, 0.5) is 0 Å². The first-order valence-corrected chi connectivity index (χ1v) is 7.22. The van der Waals surface area contributed by atoms with Gasteiger partial charge in [0.15, 0.2) is 0 Å². The monoisotopic (exact) mass is 222 g/mol. The molecular weight excluding hydrogens is 196 g/mol. The molecule has 92 valence electrons. The van der Waals surface area contributed by atoms with Gasteiger partial charge in [-0.05, 0) is 38.0 Å². The van der Waals surface area contributed by atoms with E-state index in [9.17, 15) is 4.79 Å². The van der Waals surface area contributed by atoms with E-state index >= 15 is 0 Å². The van der Waals surface area contributed by atoms with Crippen LogP contribution in [0, 0.1) is 17.3 Å². The molecule has 0 amide bonds. The topological polar surface area (TPSA) is 17.1 Å². The minimum atomic E-state index is 0.0989. The zero-order valence-corrected chi connectivity index (χ0v) is 10.9. The molecular formula is C15H26O. The van der Waals surface area contributed by atoms with Gasteiger partial charge in [-0.1, -0.05) is 39.5 Å². The fraction of sp³-hybridized carbons (Fsp3) is 0.933. The number of hydrogen-bond acceptors (Lipinski definition) is 1. The number of rotatable bonds is 3. The first-order chi connectivity index (χ1) is 7.68. The second-order valence-corrected chi connectivity index (χ2v) is 6.17. The number of ketones is 1. The molecule has 2 aliphatic carbocycles. The van der Waals surface area contributed by atoms with E-state index in [1.807, 2.05) is 0 Å². The van der Waals surface area contributed by atoms with Crippen LogP contribution in [0.1, 0.15) is 71.6 Å². The highest BCUT2D eigenvalue weighted by Crippen LogP contribution is 2.46. The Balaban J connectivity index is 2.04. The van der Waals surface area contributed by atoms with Crippen molar-refractivity contribution < 1.29 is 4.79 Å². The molecule has 0 N–H and O–H groups in total. The van der Waals surface area contributed by atoms with Gasteiger partial charge in [0.1, 0.15) is 5.78 Å². The van der Waals surface area contributed by atoms with E-state index in [4.69, 9.17) is 0 Å². The van der Waals surface area contributed by atoms with E-state index in [0.29, 0.717) is 11.7 Å². The van der Waals surface area contributed by atoms with Crippen LogP contribution in [0.25, 0.3) is 0 Å². The summed E-state index contributed by atoms with van der Waals surface area (Å²) in [6.45, 7) is 4.53. The molecule has 0 radical (unpaired) electrons. The molecule has 2 fully saturated rings. The maximum absolute atomic E-state index is 12.7. The van der Waals surface area contributed by atoms with Crippen LogP contribution in [0.5, 0.6) is 0 Å². The summed E-state index contributed by atoms with van der Waals surface area (Å²) >= 11 is 0. The van der Waals surface area contributed by atoms with Gasteiger partial charge < -0.3 is 0 Å². The van der Waals surface area contributed by atoms with Crippen molar-refractivity contribution in [3.63, 3.8) is 0 Å². The Morgan fingerprint density at radius 1 is 1.19 bits per heavy atom. The van der Waals surface area contributed by atoms with Gasteiger partial charge in [-0.25, -0.2) is 0 Å². The second-order valence-electron chi connectivity index (χ2n) is 6.17. The summed E-state index contributed by atoms with van der Waals surface area (Å²) in [5, 5.41) is 0. The molecule has 2 aliphatic rings. The minimum Gasteiger partial charge on any atom is -0.299 e. The third-order valence-corrected chi connectivity index (χ3v) is 5.07. The van der Waals surface area contributed by atoms with Crippen molar-refractivity contribution in [2.24, 2.45) is 17.3 Å². The van der Waals surface area contributed by atoms with Crippen LogP contribution < -0.4 is 0 Å². The summed E-state index contributed by atoms with van der Waals surface area (Å²) in [6.07, 6.45) is 10.9. The van der Waals surface area contributed by atoms with Crippen LogP contribution >= 0.6 is 0 Å². The predicted molar refractivity (Wildman–Crippen MR) is 67.3 cm³/mol. The Bertz CT molecular complexity index is 250. The van der Waals surface area contributed by atoms with Gasteiger partial charge in [-0.3, -0.25) is 4.79 Å². The summed E-state index contributed by atoms with van der Waals surface area (Å²) in [6, 6.07) is 0. The van der Waals surface area contributed by atoms with Gasteiger partial charge in [-0.2, -0.15) is 0 Å². The molecule has 2 atom stereocenters. The van der Waals surface area contributed by atoms with Crippen molar-refractivity contribution in [3.05, 3.63) is 0 Å². The number of hydrogen-bond donors (Lipinski definition) is 0. The van der Waals surface area contributed by atoms with Crippen molar-refractivity contribution >= 4 is 5.78 Å². The highest BCUT2D eigenvalue weighted by molar-refractivity contribution is 5.87. The van der Waals surface area contributed by atoms with Gasteiger partial charge in [-0.15, -0.1) is 0 Å². The Morgan fingerprint density at radius 2 is 1.88 bits per heavy atom. The molecule has 0 saturated heterocycles. The third kappa shape index (κ3) is 2.19. The van der Waals surface area contributed by atoms with Crippen molar-refractivity contribution in [2.45, 2.75) is 71.6 Å². The molecule has 1 nitrogen and oxygen atoms in total. The average molecular weight is 222 g/mol. The molecule has 0 heterocycles. The molecule has 1 heteroatoms. The standard InChI is InChI=1S/C15H26O/c1-3-15(9-4-5-10-15)14(16)13-8-6-7-12(2)11-13/h12-13H,3-11H2,1-2H3. The molecule has 2 saturated carbocycles. The van der Waals surface area contributed by atoms with Crippen LogP contribution in [-0.4, -0.2) is 5.78 Å². The summed E-state index contributed by atoms with van der Waals surface area (Å²) in [4.78, 5) is 12.7. The van der Waals surface area contributed by atoms with Crippen molar-refractivity contribution in [1.82, 2.24) is 0 Å². The lowest BCUT2D eigenvalue weighted by molar-refractivity contribution is -0.134. The summed E-state index contributed by atoms with van der Waals surface area (Å²) in [5.74, 6) is 1.82. The first kappa shape index (κ1) is 12.1. The first-order valence-electron chi connectivity index (χ1n) is 7.22. The van der Waals surface area contributed by atoms with E-state index in [-0.39, 0.29) is 5.41 Å². The lowest BCUT2D eigenvalue weighted by atomic mass is 9.69. The van der Waals surface area contributed by atoms with Crippen LogP contribution in [0.2, 0.25) is 0 Å². The quantitative estimate of drug-likeness (QED) is 0.693. The summed E-state index contributed by atoms with van der Waals surface area (Å²) in [7, 11) is 0. The normalized spacial score (nSPS) is 33.9. The van der Waals surface area contributed by atoms with E-state index in [1.54, 1.807) is 0 Å². The summed E-state index contributed by atoms with van der Waals surface area (Å²) in [5.41, 5.74) is 0.0989. The number of Topliss-reactive ketones (excluding diaryl/α,β-unsaturated/α-hetero) is 1. The van der Waals surface area contributed by atoms with Gasteiger partial charge in [0.2, 0.25) is 0 Å². The predicted octanol–water partition coefficient (Wildman–Crippen LogP) is 4.35. The highest BCUT2D eigenvalue weighted by atomic mass is 16.1. The molecule has 0 aliphatic heterocycles. The molecule has 16 heavy (non-hydrogen) atoms. The molecule has 0 aromatic heterocycles. The van der Waals surface area contributed by atoms with E-state index in [0.717, 1.165) is 12.3 Å². The Labute approximate surface area is 100.0 Å². The van der Waals surface area contributed by atoms with Crippen molar-refractivity contribution in [2.75, 3.05) is 0 Å². The third-order valence-electron chi connectivity index (χ3n) is 5.07. The van der Waals surface area contributed by atoms with E-state index in [2.05, 4.69) is 13.8 Å². The SMILES string of the molecule is CCC1(C(=O)C2CCCC(C)C2)CCCC1. The number of carbonyl (C=O) groups excluding carboxylic acids is 1. The smallest absolute Gasteiger partial charge is 0.142 e. The molecule has 0 aromatic carbocycles. The molecule has 0 bridgehead atoms. The number of carbonyl (C=O) groups is 1. The molecule has 0 aromatic rings. The van der Waals surface area contributed by atoms with Crippen LogP contribution in [0.15, 0.2) is 0 Å². The lowest BCUT2D eigenvalue weighted by Gasteiger charge is -2.34. The fourth-order valence-electron chi connectivity index (χ4n) is 3.93. The molecule has 2 unspecified atom stereocenters. The van der Waals surface area contributed by atoms with Crippen LogP contribution in [0.3, 0.4) is 0 Å². The van der Waals surface area contributed by atoms with Gasteiger partial charge >= 0.3 is 0 Å². The van der Waals surface area contributed by atoms with Crippen molar-refractivity contribution in [1.29, 1.82) is 0 Å². The zero-order valence-electron chi connectivity index (χ0n) is 10.9. The average Bonchev–Trinajstić information content (AvgIpc) is 2.78. The maximum atomic E-state index is 12.7. The lowest BCUT2D eigenvalue weighted by Crippen LogP contribution is -2.35. The Morgan fingerprint density at radius 3 is 2.44 bits per heavy atom. The maximum Gasteiger partial charge on any atom is 0.142 e. The van der Waals surface area contributed by atoms with Gasteiger partial charge in [0, 0.05) is 11.3 Å². The second kappa shape index (κ2) is 4.89. The minimum absolute atomic E-state index is 0.0989. The van der Waals surface area contributed by atoms with Crippen molar-refractivity contribution in [3.8, 4) is 0 Å². The Kier molecular flexibility index (Phi) is 3.71. The van der Waals surface area contributed by atoms with Gasteiger partial charge in [0.25, 0.3) is 0 Å². The molecule has 0 spiro atoms. The highest BCUT2D eigenvalue weighted by Gasteiger charge is 2.42. The van der Waals surface area contributed by atoms with E-state index < -0.39 is 0 Å².